The monoisotopic (exact) mass is 285 g/mol. The van der Waals surface area contributed by atoms with Gasteiger partial charge in [0.15, 0.2) is 0 Å². The minimum absolute atomic E-state index is 0.264. The second kappa shape index (κ2) is 6.03. The fraction of sp³-hybridized carbons (Fsp3) is 0.300. The van der Waals surface area contributed by atoms with Crippen molar-refractivity contribution in [3.05, 3.63) is 35.4 Å². The maximum Gasteiger partial charge on any atom is 0.441 e. The second-order valence-corrected chi connectivity index (χ2v) is 4.33. The molecule has 1 aromatic carbocycles. The highest BCUT2D eigenvalue weighted by Crippen LogP contribution is 2.29. The van der Waals surface area contributed by atoms with Gasteiger partial charge in [-0.3, -0.25) is 4.79 Å². The fourth-order valence-corrected chi connectivity index (χ4v) is 1.54. The quantitative estimate of drug-likeness (QED) is 0.680. The van der Waals surface area contributed by atoms with Gasteiger partial charge in [-0.1, -0.05) is 0 Å². The normalized spacial score (nSPS) is 11.4. The minimum Gasteiger partial charge on any atom is -0.351 e. The van der Waals surface area contributed by atoms with Crippen LogP contribution < -0.4 is 5.32 Å². The summed E-state index contributed by atoms with van der Waals surface area (Å²) >= 11 is -0.291. The van der Waals surface area contributed by atoms with Crippen LogP contribution in [0.3, 0.4) is 0 Å². The van der Waals surface area contributed by atoms with Gasteiger partial charge in [0.05, 0.1) is 5.56 Å². The summed E-state index contributed by atoms with van der Waals surface area (Å²) in [4.78, 5) is 11.3. The highest BCUT2D eigenvalue weighted by Gasteiger charge is 2.27. The SMILES string of the molecule is O=C(NCCSC(F)(F)F)c1ccc(F)cc1F. The van der Waals surface area contributed by atoms with E-state index in [-0.39, 0.29) is 24.1 Å². The summed E-state index contributed by atoms with van der Waals surface area (Å²) in [5.74, 6) is -3.15. The molecule has 2 nitrogen and oxygen atoms in total. The van der Waals surface area contributed by atoms with Crippen LogP contribution in [0, 0.1) is 11.6 Å². The van der Waals surface area contributed by atoms with Crippen molar-refractivity contribution in [3.63, 3.8) is 0 Å². The van der Waals surface area contributed by atoms with Crippen molar-refractivity contribution in [1.29, 1.82) is 0 Å². The molecular weight excluding hydrogens is 277 g/mol. The van der Waals surface area contributed by atoms with Crippen LogP contribution in [0.5, 0.6) is 0 Å². The van der Waals surface area contributed by atoms with Crippen LogP contribution in [0.25, 0.3) is 0 Å². The van der Waals surface area contributed by atoms with Crippen LogP contribution in [0.1, 0.15) is 10.4 Å². The number of benzene rings is 1. The Bertz CT molecular complexity index is 435. The summed E-state index contributed by atoms with van der Waals surface area (Å²) in [5.41, 5.74) is -4.78. The Balaban J connectivity index is 2.46. The van der Waals surface area contributed by atoms with E-state index >= 15 is 0 Å². The standard InChI is InChI=1S/C10H8F5NOS/c11-6-1-2-7(8(12)5-6)9(17)16-3-4-18-10(13,14)15/h1-2,5H,3-4H2,(H,16,17). The predicted octanol–water partition coefficient (Wildman–Crippen LogP) is 2.95. The van der Waals surface area contributed by atoms with Gasteiger partial charge in [-0.25, -0.2) is 8.78 Å². The number of amides is 1. The first-order valence-corrected chi connectivity index (χ1v) is 5.72. The molecule has 8 heteroatoms. The lowest BCUT2D eigenvalue weighted by Crippen LogP contribution is -2.27. The molecule has 1 aromatic rings. The largest absolute Gasteiger partial charge is 0.441 e. The molecule has 100 valence electrons. The fourth-order valence-electron chi connectivity index (χ4n) is 1.10. The van der Waals surface area contributed by atoms with E-state index < -0.39 is 28.6 Å². The average Bonchev–Trinajstić information content (AvgIpc) is 2.22. The second-order valence-electron chi connectivity index (χ2n) is 3.17. The minimum atomic E-state index is -4.37. The molecule has 0 heterocycles. The van der Waals surface area contributed by atoms with Crippen LogP contribution in [0.15, 0.2) is 18.2 Å². The number of carbonyl (C=O) groups is 1. The molecule has 0 fully saturated rings. The zero-order valence-electron chi connectivity index (χ0n) is 8.85. The number of thioether (sulfide) groups is 1. The Morgan fingerprint density at radius 1 is 1.28 bits per heavy atom. The molecular formula is C10H8F5NOS. The van der Waals surface area contributed by atoms with Crippen molar-refractivity contribution in [1.82, 2.24) is 5.32 Å². The number of hydrogen-bond acceptors (Lipinski definition) is 2. The number of alkyl halides is 3. The Labute approximate surface area is 104 Å². The van der Waals surface area contributed by atoms with Gasteiger partial charge < -0.3 is 5.32 Å². The first kappa shape index (κ1) is 14.7. The van der Waals surface area contributed by atoms with E-state index in [4.69, 9.17) is 0 Å². The predicted molar refractivity (Wildman–Crippen MR) is 57.2 cm³/mol. The van der Waals surface area contributed by atoms with Gasteiger partial charge in [0.25, 0.3) is 5.91 Å². The van der Waals surface area contributed by atoms with Crippen LogP contribution >= 0.6 is 11.8 Å². The maximum atomic E-state index is 13.1. The molecule has 0 saturated heterocycles. The van der Waals surface area contributed by atoms with E-state index in [1.807, 2.05) is 0 Å². The molecule has 18 heavy (non-hydrogen) atoms. The van der Waals surface area contributed by atoms with E-state index in [1.165, 1.54) is 0 Å². The summed E-state index contributed by atoms with van der Waals surface area (Å²) in [7, 11) is 0. The van der Waals surface area contributed by atoms with Crippen molar-refractivity contribution < 1.29 is 26.7 Å². The van der Waals surface area contributed by atoms with E-state index in [0.717, 1.165) is 12.1 Å². The topological polar surface area (TPSA) is 29.1 Å². The van der Waals surface area contributed by atoms with Crippen LogP contribution in [-0.2, 0) is 0 Å². The molecule has 1 amide bonds. The molecule has 1 rings (SSSR count). The van der Waals surface area contributed by atoms with Gasteiger partial charge in [0.2, 0.25) is 0 Å². The number of hydrogen-bond donors (Lipinski definition) is 1. The molecule has 0 spiro atoms. The molecule has 0 radical (unpaired) electrons. The summed E-state index contributed by atoms with van der Waals surface area (Å²) in [6.07, 6.45) is 0. The molecule has 0 atom stereocenters. The first-order chi connectivity index (χ1) is 8.29. The van der Waals surface area contributed by atoms with Crippen molar-refractivity contribution in [2.75, 3.05) is 12.3 Å². The van der Waals surface area contributed by atoms with E-state index in [1.54, 1.807) is 0 Å². The third-order valence-electron chi connectivity index (χ3n) is 1.83. The third kappa shape index (κ3) is 4.91. The van der Waals surface area contributed by atoms with Crippen LogP contribution in [-0.4, -0.2) is 23.7 Å². The van der Waals surface area contributed by atoms with Gasteiger partial charge in [0, 0.05) is 18.4 Å². The summed E-state index contributed by atoms with van der Waals surface area (Å²) in [5, 5.41) is 2.11. The summed E-state index contributed by atoms with van der Waals surface area (Å²) in [6.45, 7) is -0.264. The highest BCUT2D eigenvalue weighted by molar-refractivity contribution is 8.00. The van der Waals surface area contributed by atoms with E-state index in [9.17, 15) is 26.7 Å². The van der Waals surface area contributed by atoms with Crippen molar-refractivity contribution in [2.45, 2.75) is 5.51 Å². The van der Waals surface area contributed by atoms with Gasteiger partial charge in [0.1, 0.15) is 11.6 Å². The molecule has 0 aliphatic heterocycles. The van der Waals surface area contributed by atoms with Gasteiger partial charge in [-0.2, -0.15) is 13.2 Å². The number of halogens is 5. The number of carbonyl (C=O) groups excluding carboxylic acids is 1. The Hall–Kier alpha value is -1.31. The molecule has 0 saturated carbocycles. The zero-order valence-corrected chi connectivity index (χ0v) is 9.67. The lowest BCUT2D eigenvalue weighted by atomic mass is 10.2. The van der Waals surface area contributed by atoms with Gasteiger partial charge in [-0.05, 0) is 23.9 Å². The van der Waals surface area contributed by atoms with E-state index in [2.05, 4.69) is 5.32 Å². The molecule has 0 aliphatic carbocycles. The van der Waals surface area contributed by atoms with Crippen molar-refractivity contribution in [3.8, 4) is 0 Å². The zero-order chi connectivity index (χ0) is 13.8. The first-order valence-electron chi connectivity index (χ1n) is 4.73. The Kier molecular flexibility index (Phi) is 4.94. The highest BCUT2D eigenvalue weighted by atomic mass is 32.2. The Morgan fingerprint density at radius 2 is 1.94 bits per heavy atom. The van der Waals surface area contributed by atoms with E-state index in [0.29, 0.717) is 6.07 Å². The lowest BCUT2D eigenvalue weighted by Gasteiger charge is -2.07. The molecule has 1 N–H and O–H groups in total. The van der Waals surface area contributed by atoms with Gasteiger partial charge in [-0.15, -0.1) is 0 Å². The maximum absolute atomic E-state index is 13.1. The molecule has 0 bridgehead atoms. The smallest absolute Gasteiger partial charge is 0.351 e. The average molecular weight is 285 g/mol. The molecule has 0 unspecified atom stereocenters. The number of nitrogens with one attached hydrogen (secondary N) is 1. The lowest BCUT2D eigenvalue weighted by molar-refractivity contribution is -0.0327. The Morgan fingerprint density at radius 3 is 2.50 bits per heavy atom. The number of rotatable bonds is 4. The molecule has 0 aliphatic rings. The van der Waals surface area contributed by atoms with Crippen molar-refractivity contribution in [2.24, 2.45) is 0 Å². The van der Waals surface area contributed by atoms with Crippen LogP contribution in [0.2, 0.25) is 0 Å². The third-order valence-corrected chi connectivity index (χ3v) is 2.56. The van der Waals surface area contributed by atoms with Gasteiger partial charge >= 0.3 is 5.51 Å². The molecule has 0 aromatic heterocycles. The van der Waals surface area contributed by atoms with Crippen molar-refractivity contribution >= 4 is 17.7 Å². The van der Waals surface area contributed by atoms with Crippen LogP contribution in [0.4, 0.5) is 22.0 Å². The summed E-state index contributed by atoms with van der Waals surface area (Å²) < 4.78 is 60.9. The summed E-state index contributed by atoms with van der Waals surface area (Å²) in [6, 6.07) is 2.35.